The molecular weight excluding hydrogens is 368 g/mol. The fourth-order valence-electron chi connectivity index (χ4n) is 4.06. The van der Waals surface area contributed by atoms with Crippen LogP contribution in [0.5, 0.6) is 17.2 Å². The van der Waals surface area contributed by atoms with Crippen LogP contribution in [0.15, 0.2) is 42.5 Å². The molecule has 0 atom stereocenters. The van der Waals surface area contributed by atoms with Gasteiger partial charge in [0.25, 0.3) is 0 Å². The Kier molecular flexibility index (Phi) is 12.1. The summed E-state index contributed by atoms with van der Waals surface area (Å²) >= 11 is 0. The molecule has 2 rings (SSSR count). The lowest BCUT2D eigenvalue weighted by Crippen LogP contribution is -2.00. The van der Waals surface area contributed by atoms with E-state index in [0.717, 1.165) is 25.0 Å². The Hall–Kier alpha value is -1.96. The molecule has 30 heavy (non-hydrogen) atoms. The van der Waals surface area contributed by atoms with Gasteiger partial charge in [0.15, 0.2) is 11.5 Å². The lowest BCUT2D eigenvalue weighted by Gasteiger charge is -2.17. The summed E-state index contributed by atoms with van der Waals surface area (Å²) in [6, 6.07) is 13.8. The molecule has 2 nitrogen and oxygen atoms in total. The van der Waals surface area contributed by atoms with E-state index in [-0.39, 0.29) is 5.75 Å². The summed E-state index contributed by atoms with van der Waals surface area (Å²) in [5, 5.41) is 10.6. The van der Waals surface area contributed by atoms with Crippen molar-refractivity contribution in [1.82, 2.24) is 0 Å². The first-order valence-electron chi connectivity index (χ1n) is 12.3. The van der Waals surface area contributed by atoms with Gasteiger partial charge in [0.05, 0.1) is 0 Å². The van der Waals surface area contributed by atoms with Gasteiger partial charge in [0.1, 0.15) is 5.75 Å². The highest BCUT2D eigenvalue weighted by atomic mass is 16.5. The van der Waals surface area contributed by atoms with E-state index in [0.29, 0.717) is 5.75 Å². The molecule has 0 heterocycles. The zero-order valence-electron chi connectivity index (χ0n) is 19.3. The molecule has 166 valence electrons. The number of aryl methyl sites for hydroxylation is 1. The van der Waals surface area contributed by atoms with E-state index in [1.165, 1.54) is 81.8 Å². The number of benzene rings is 2. The fourth-order valence-corrected chi connectivity index (χ4v) is 4.06. The van der Waals surface area contributed by atoms with Crippen molar-refractivity contribution >= 4 is 0 Å². The van der Waals surface area contributed by atoms with Crippen molar-refractivity contribution in [3.63, 3.8) is 0 Å². The zero-order valence-corrected chi connectivity index (χ0v) is 19.3. The molecule has 2 heteroatoms. The van der Waals surface area contributed by atoms with Crippen LogP contribution in [0, 0.1) is 0 Å². The number of rotatable bonds is 16. The van der Waals surface area contributed by atoms with Gasteiger partial charge >= 0.3 is 0 Å². The number of para-hydroxylation sites is 1. The highest BCUT2D eigenvalue weighted by Crippen LogP contribution is 2.38. The van der Waals surface area contributed by atoms with Crippen LogP contribution in [0.2, 0.25) is 0 Å². The standard InChI is InChI=1S/C28H42O2/c1-3-5-7-9-10-12-17-21-26-24(18-14-11-8-6-4-2)22-23-27(29)28(26)30-25-19-15-13-16-20-25/h13,15-16,19-20,22-23,29H,3-12,14,17-18,21H2,1-2H3. The molecule has 0 fully saturated rings. The Balaban J connectivity index is 2.05. The SMILES string of the molecule is CCCCCCCCCc1c(CCCCCCC)ccc(O)c1Oc1ccccc1. The van der Waals surface area contributed by atoms with Gasteiger partial charge in [-0.1, -0.05) is 102 Å². The summed E-state index contributed by atoms with van der Waals surface area (Å²) in [5.74, 6) is 1.71. The van der Waals surface area contributed by atoms with Crippen LogP contribution in [-0.2, 0) is 12.8 Å². The molecular formula is C28H42O2. The quantitative estimate of drug-likeness (QED) is 0.280. The highest BCUT2D eigenvalue weighted by Gasteiger charge is 2.15. The molecule has 0 aliphatic carbocycles. The third kappa shape index (κ3) is 8.81. The van der Waals surface area contributed by atoms with E-state index in [9.17, 15) is 5.11 Å². The first kappa shape index (κ1) is 24.3. The van der Waals surface area contributed by atoms with Crippen molar-refractivity contribution < 1.29 is 9.84 Å². The van der Waals surface area contributed by atoms with E-state index in [4.69, 9.17) is 4.74 Å². The molecule has 1 N–H and O–H groups in total. The second-order valence-corrected chi connectivity index (χ2v) is 8.50. The summed E-state index contributed by atoms with van der Waals surface area (Å²) in [4.78, 5) is 0. The summed E-state index contributed by atoms with van der Waals surface area (Å²) in [6.07, 6.45) is 17.5. The molecule has 0 bridgehead atoms. The van der Waals surface area contributed by atoms with Crippen LogP contribution in [0.1, 0.15) is 102 Å². The van der Waals surface area contributed by atoms with Gasteiger partial charge in [-0.15, -0.1) is 0 Å². The third-order valence-corrected chi connectivity index (χ3v) is 5.88. The maximum absolute atomic E-state index is 10.6. The maximum atomic E-state index is 10.6. The highest BCUT2D eigenvalue weighted by molar-refractivity contribution is 5.52. The van der Waals surface area contributed by atoms with Gasteiger partial charge < -0.3 is 9.84 Å². The number of unbranched alkanes of at least 4 members (excludes halogenated alkanes) is 10. The second-order valence-electron chi connectivity index (χ2n) is 8.50. The predicted octanol–water partition coefficient (Wildman–Crippen LogP) is 8.99. The minimum Gasteiger partial charge on any atom is -0.504 e. The minimum absolute atomic E-state index is 0.256. The summed E-state index contributed by atoms with van der Waals surface area (Å²) < 4.78 is 6.19. The summed E-state index contributed by atoms with van der Waals surface area (Å²) in [5.41, 5.74) is 2.56. The van der Waals surface area contributed by atoms with E-state index < -0.39 is 0 Å². The van der Waals surface area contributed by atoms with Crippen LogP contribution in [-0.4, -0.2) is 5.11 Å². The number of phenolic OH excluding ortho intramolecular Hbond substituents is 1. The van der Waals surface area contributed by atoms with Gasteiger partial charge in [-0.3, -0.25) is 0 Å². The topological polar surface area (TPSA) is 29.5 Å². The predicted molar refractivity (Wildman–Crippen MR) is 129 cm³/mol. The van der Waals surface area contributed by atoms with Gasteiger partial charge in [0, 0.05) is 5.56 Å². The van der Waals surface area contributed by atoms with Crippen LogP contribution in [0.25, 0.3) is 0 Å². The van der Waals surface area contributed by atoms with Crippen LogP contribution in [0.4, 0.5) is 0 Å². The lowest BCUT2D eigenvalue weighted by atomic mass is 9.95. The van der Waals surface area contributed by atoms with Gasteiger partial charge in [-0.25, -0.2) is 0 Å². The Labute approximate surface area is 184 Å². The average Bonchev–Trinajstić information content (AvgIpc) is 2.77. The first-order valence-corrected chi connectivity index (χ1v) is 12.3. The fraction of sp³-hybridized carbons (Fsp3) is 0.571. The molecule has 0 spiro atoms. The van der Waals surface area contributed by atoms with E-state index in [1.807, 2.05) is 36.4 Å². The molecule has 2 aromatic rings. The number of hydrogen-bond acceptors (Lipinski definition) is 2. The number of aromatic hydroxyl groups is 1. The largest absolute Gasteiger partial charge is 0.504 e. The van der Waals surface area contributed by atoms with Gasteiger partial charge in [-0.2, -0.15) is 0 Å². The number of phenols is 1. The average molecular weight is 411 g/mol. The molecule has 0 saturated heterocycles. The summed E-state index contributed by atoms with van der Waals surface area (Å²) in [6.45, 7) is 4.52. The molecule has 0 aliphatic rings. The molecule has 0 amide bonds. The number of ether oxygens (including phenoxy) is 1. The molecule has 0 aliphatic heterocycles. The van der Waals surface area contributed by atoms with Gasteiger partial charge in [0.2, 0.25) is 0 Å². The maximum Gasteiger partial charge on any atom is 0.172 e. The van der Waals surface area contributed by atoms with E-state index in [2.05, 4.69) is 19.9 Å². The van der Waals surface area contributed by atoms with Crippen molar-refractivity contribution in [3.8, 4) is 17.2 Å². The molecule has 0 unspecified atom stereocenters. The Morgan fingerprint density at radius 3 is 1.83 bits per heavy atom. The number of hydrogen-bond donors (Lipinski definition) is 1. The van der Waals surface area contributed by atoms with Crippen molar-refractivity contribution in [2.75, 3.05) is 0 Å². The van der Waals surface area contributed by atoms with Crippen LogP contribution in [0.3, 0.4) is 0 Å². The van der Waals surface area contributed by atoms with Crippen molar-refractivity contribution in [2.24, 2.45) is 0 Å². The zero-order chi connectivity index (χ0) is 21.4. The van der Waals surface area contributed by atoms with E-state index >= 15 is 0 Å². The molecule has 0 radical (unpaired) electrons. The van der Waals surface area contributed by atoms with Crippen molar-refractivity contribution in [3.05, 3.63) is 53.6 Å². The van der Waals surface area contributed by atoms with E-state index in [1.54, 1.807) is 0 Å². The Morgan fingerprint density at radius 2 is 1.20 bits per heavy atom. The monoisotopic (exact) mass is 410 g/mol. The lowest BCUT2D eigenvalue weighted by molar-refractivity contribution is 0.405. The normalized spacial score (nSPS) is 11.0. The minimum atomic E-state index is 0.256. The smallest absolute Gasteiger partial charge is 0.172 e. The summed E-state index contributed by atoms with van der Waals surface area (Å²) in [7, 11) is 0. The molecule has 2 aromatic carbocycles. The third-order valence-electron chi connectivity index (χ3n) is 5.88. The van der Waals surface area contributed by atoms with Crippen molar-refractivity contribution in [1.29, 1.82) is 0 Å². The van der Waals surface area contributed by atoms with Gasteiger partial charge in [-0.05, 0) is 49.4 Å². The Morgan fingerprint density at radius 1 is 0.633 bits per heavy atom. The van der Waals surface area contributed by atoms with Crippen LogP contribution >= 0.6 is 0 Å². The first-order chi connectivity index (χ1) is 14.8. The van der Waals surface area contributed by atoms with Crippen molar-refractivity contribution in [2.45, 2.75) is 104 Å². The second kappa shape index (κ2) is 14.9. The van der Waals surface area contributed by atoms with Crippen LogP contribution < -0.4 is 4.74 Å². The molecule has 0 aromatic heterocycles. The molecule has 0 saturated carbocycles. The Bertz CT molecular complexity index is 693.